The minimum absolute atomic E-state index is 0.00808. The van der Waals surface area contributed by atoms with Crippen molar-refractivity contribution in [3.63, 3.8) is 0 Å². The number of hydrogen-bond acceptors (Lipinski definition) is 8. The second-order valence-corrected chi connectivity index (χ2v) is 14.3. The van der Waals surface area contributed by atoms with Crippen molar-refractivity contribution in [3.8, 4) is 23.1 Å². The Morgan fingerprint density at radius 2 is 1.21 bits per heavy atom. The molecule has 52 heavy (non-hydrogen) atoms. The standard InChI is InChI=1S/C38H50N8O6/c1-21(2)31(43-37(49)51-7)35(47)45-23(5)9-17-29(45)33-39-19-27(41-33)16-13-25-11-14-26(15-12-25)28-20-40-34(42-28)30-18-10-24(6)46(30)36(48)32(22(3)4)44-38(50)52-8/h11-12,14-15,19-24,29-32H,9-10,17-18H2,1-8H3,(H,39,41)(H,40,42)(H,43,49)(H,44,50)/t23-,24-,29-,30-,31-,32-/m0/s1. The second kappa shape index (κ2) is 16.4. The number of aromatic amines is 2. The number of hydrogen-bond donors (Lipinski definition) is 4. The van der Waals surface area contributed by atoms with E-state index in [1.165, 1.54) is 14.2 Å². The van der Waals surface area contributed by atoms with Gasteiger partial charge in [0.1, 0.15) is 29.4 Å². The van der Waals surface area contributed by atoms with Gasteiger partial charge in [-0.1, -0.05) is 45.7 Å². The molecule has 0 aliphatic carbocycles. The summed E-state index contributed by atoms with van der Waals surface area (Å²) in [6.45, 7) is 11.6. The number of carbonyl (C=O) groups is 4. The van der Waals surface area contributed by atoms with Crippen LogP contribution in [0.2, 0.25) is 0 Å². The van der Waals surface area contributed by atoms with Crippen molar-refractivity contribution in [3.05, 3.63) is 59.6 Å². The van der Waals surface area contributed by atoms with E-state index in [0.717, 1.165) is 42.5 Å². The maximum atomic E-state index is 13.7. The molecule has 0 unspecified atom stereocenters. The summed E-state index contributed by atoms with van der Waals surface area (Å²) in [5.74, 6) is 7.12. The quantitative estimate of drug-likeness (QED) is 0.223. The third-order valence-electron chi connectivity index (χ3n) is 9.99. The Bertz CT molecular complexity index is 1800. The van der Waals surface area contributed by atoms with Crippen LogP contribution in [0.25, 0.3) is 11.3 Å². The predicted octanol–water partition coefficient (Wildman–Crippen LogP) is 5.06. The fourth-order valence-corrected chi connectivity index (χ4v) is 7.06. The van der Waals surface area contributed by atoms with Gasteiger partial charge in [0.25, 0.3) is 0 Å². The molecule has 2 aliphatic heterocycles. The molecule has 2 aromatic heterocycles. The molecule has 2 fully saturated rings. The number of aromatic nitrogens is 4. The lowest BCUT2D eigenvalue weighted by Gasteiger charge is -2.32. The van der Waals surface area contributed by atoms with E-state index in [4.69, 9.17) is 9.47 Å². The molecule has 4 heterocycles. The number of nitrogens with zero attached hydrogens (tertiary/aromatic N) is 4. The zero-order valence-electron chi connectivity index (χ0n) is 31.1. The third-order valence-corrected chi connectivity index (χ3v) is 9.99. The minimum atomic E-state index is -0.717. The number of amides is 4. The van der Waals surface area contributed by atoms with Crippen LogP contribution in [0.15, 0.2) is 36.7 Å². The molecule has 4 N–H and O–H groups in total. The van der Waals surface area contributed by atoms with Gasteiger partial charge < -0.3 is 39.9 Å². The van der Waals surface area contributed by atoms with Crippen LogP contribution >= 0.6 is 0 Å². The number of benzene rings is 1. The molecule has 0 saturated carbocycles. The van der Waals surface area contributed by atoms with Crippen LogP contribution in [-0.2, 0) is 19.1 Å². The SMILES string of the molecule is COC(=O)N[C@H](C(=O)N1[C@@H](C)CC[C@H]1c1ncc(C#Cc2ccc(-c3cnc([C@@H]4CC[C@H](C)N4C(=O)[C@@H](NC(=O)OC)C(C)C)[nH]3)cc2)[nH]1)C(C)C. The Hall–Kier alpha value is -5.32. The lowest BCUT2D eigenvalue weighted by molar-refractivity contribution is -0.138. The normalized spacial score (nSPS) is 21.0. The van der Waals surface area contributed by atoms with E-state index in [1.54, 1.807) is 12.4 Å². The maximum absolute atomic E-state index is 13.7. The number of methoxy groups -OCH3 is 2. The summed E-state index contributed by atoms with van der Waals surface area (Å²) in [4.78, 5) is 70.9. The lowest BCUT2D eigenvalue weighted by atomic mass is 10.0. The second-order valence-electron chi connectivity index (χ2n) is 14.3. The van der Waals surface area contributed by atoms with Crippen molar-refractivity contribution in [1.82, 2.24) is 40.4 Å². The number of nitrogens with one attached hydrogen (secondary N) is 4. The number of imidazole rings is 2. The monoisotopic (exact) mass is 714 g/mol. The molecule has 2 saturated heterocycles. The van der Waals surface area contributed by atoms with Crippen molar-refractivity contribution in [2.45, 2.75) is 103 Å². The molecule has 4 amide bonds. The largest absolute Gasteiger partial charge is 0.453 e. The molecular formula is C38H50N8O6. The van der Waals surface area contributed by atoms with E-state index in [2.05, 4.69) is 42.4 Å². The van der Waals surface area contributed by atoms with Crippen LogP contribution in [0.1, 0.15) is 102 Å². The molecule has 5 rings (SSSR count). The van der Waals surface area contributed by atoms with Crippen molar-refractivity contribution >= 4 is 24.0 Å². The highest BCUT2D eigenvalue weighted by Crippen LogP contribution is 2.37. The zero-order valence-corrected chi connectivity index (χ0v) is 31.1. The van der Waals surface area contributed by atoms with Gasteiger partial charge in [-0.3, -0.25) is 9.59 Å². The summed E-state index contributed by atoms with van der Waals surface area (Å²) < 4.78 is 9.51. The molecule has 0 bridgehead atoms. The average molecular weight is 715 g/mol. The first kappa shape index (κ1) is 37.9. The first-order chi connectivity index (χ1) is 24.8. The highest BCUT2D eigenvalue weighted by molar-refractivity contribution is 5.87. The fraction of sp³-hybridized carbons (Fsp3) is 0.526. The predicted molar refractivity (Wildman–Crippen MR) is 193 cm³/mol. The molecule has 0 spiro atoms. The third kappa shape index (κ3) is 8.25. The summed E-state index contributed by atoms with van der Waals surface area (Å²) in [7, 11) is 2.56. The Labute approximate surface area is 304 Å². The van der Waals surface area contributed by atoms with E-state index in [1.807, 2.05) is 75.6 Å². The van der Waals surface area contributed by atoms with Crippen LogP contribution in [0.4, 0.5) is 9.59 Å². The van der Waals surface area contributed by atoms with Crippen LogP contribution < -0.4 is 10.6 Å². The number of carbonyl (C=O) groups excluding carboxylic acids is 4. The Morgan fingerprint density at radius 3 is 1.69 bits per heavy atom. The van der Waals surface area contributed by atoms with Gasteiger partial charge in [-0.05, 0) is 75.0 Å². The van der Waals surface area contributed by atoms with Crippen molar-refractivity contribution in [1.29, 1.82) is 0 Å². The van der Waals surface area contributed by atoms with E-state index in [9.17, 15) is 19.2 Å². The molecular weight excluding hydrogens is 664 g/mol. The summed E-state index contributed by atoms with van der Waals surface area (Å²) in [6, 6.07) is 5.83. The molecule has 14 heteroatoms. The van der Waals surface area contributed by atoms with Gasteiger partial charge in [-0.25, -0.2) is 19.6 Å². The van der Waals surface area contributed by atoms with Crippen LogP contribution in [-0.4, -0.2) is 92.1 Å². The Kier molecular flexibility index (Phi) is 11.9. The summed E-state index contributed by atoms with van der Waals surface area (Å²) in [6.07, 6.45) is 5.31. The number of alkyl carbamates (subject to hydrolysis) is 2. The molecule has 3 aromatic rings. The van der Waals surface area contributed by atoms with Gasteiger partial charge in [0.05, 0.1) is 44.4 Å². The highest BCUT2D eigenvalue weighted by atomic mass is 16.5. The van der Waals surface area contributed by atoms with Crippen molar-refractivity contribution in [2.75, 3.05) is 14.2 Å². The Morgan fingerprint density at radius 1 is 0.731 bits per heavy atom. The van der Waals surface area contributed by atoms with Gasteiger partial charge in [-0.15, -0.1) is 0 Å². The highest BCUT2D eigenvalue weighted by Gasteiger charge is 2.42. The van der Waals surface area contributed by atoms with Crippen molar-refractivity contribution in [2.24, 2.45) is 11.8 Å². The first-order valence-corrected chi connectivity index (χ1v) is 17.9. The molecule has 14 nitrogen and oxygen atoms in total. The summed E-state index contributed by atoms with van der Waals surface area (Å²) in [5.41, 5.74) is 3.17. The first-order valence-electron chi connectivity index (χ1n) is 17.9. The number of H-pyrrole nitrogens is 2. The average Bonchev–Trinajstić information content (AvgIpc) is 3.94. The molecule has 0 radical (unpaired) electrons. The Balaban J connectivity index is 1.26. The molecule has 1 aromatic carbocycles. The van der Waals surface area contributed by atoms with Gasteiger partial charge in [-0.2, -0.15) is 0 Å². The van der Waals surface area contributed by atoms with E-state index in [0.29, 0.717) is 17.3 Å². The summed E-state index contributed by atoms with van der Waals surface area (Å²) in [5, 5.41) is 5.39. The lowest BCUT2D eigenvalue weighted by Crippen LogP contribution is -2.52. The van der Waals surface area contributed by atoms with Gasteiger partial charge in [0.15, 0.2) is 0 Å². The zero-order chi connectivity index (χ0) is 37.7. The topological polar surface area (TPSA) is 175 Å². The number of ether oxygens (including phenoxy) is 2. The molecule has 2 aliphatic rings. The van der Waals surface area contributed by atoms with E-state index in [-0.39, 0.29) is 47.8 Å². The number of likely N-dealkylation sites (tertiary alicyclic amines) is 2. The maximum Gasteiger partial charge on any atom is 0.407 e. The van der Waals surface area contributed by atoms with Crippen LogP contribution in [0.3, 0.4) is 0 Å². The molecule has 6 atom stereocenters. The van der Waals surface area contributed by atoms with E-state index < -0.39 is 24.3 Å². The summed E-state index contributed by atoms with van der Waals surface area (Å²) >= 11 is 0. The van der Waals surface area contributed by atoms with Crippen LogP contribution in [0, 0.1) is 23.7 Å². The molecule has 278 valence electrons. The minimum Gasteiger partial charge on any atom is -0.453 e. The van der Waals surface area contributed by atoms with Crippen molar-refractivity contribution < 1.29 is 28.7 Å². The van der Waals surface area contributed by atoms with Gasteiger partial charge >= 0.3 is 12.2 Å². The van der Waals surface area contributed by atoms with Gasteiger partial charge in [0, 0.05) is 17.6 Å². The number of rotatable bonds is 9. The fourth-order valence-electron chi connectivity index (χ4n) is 7.06. The smallest absolute Gasteiger partial charge is 0.407 e. The van der Waals surface area contributed by atoms with Gasteiger partial charge in [0.2, 0.25) is 11.8 Å². The van der Waals surface area contributed by atoms with Crippen LogP contribution in [0.5, 0.6) is 0 Å². The van der Waals surface area contributed by atoms with E-state index >= 15 is 0 Å².